The van der Waals surface area contributed by atoms with Gasteiger partial charge in [0.05, 0.1) is 6.10 Å². The highest BCUT2D eigenvalue weighted by atomic mass is 79.9. The summed E-state index contributed by atoms with van der Waals surface area (Å²) in [6.45, 7) is 3.56. The Labute approximate surface area is 108 Å². The Balaban J connectivity index is 2.53. The second-order valence-corrected chi connectivity index (χ2v) is 4.64. The van der Waals surface area contributed by atoms with E-state index in [-0.39, 0.29) is 6.10 Å². The lowest BCUT2D eigenvalue weighted by molar-refractivity contribution is -0.151. The molecule has 1 aromatic rings. The maximum atomic E-state index is 11.4. The molecule has 0 saturated carbocycles. The Morgan fingerprint density at radius 1 is 1.31 bits per heavy atom. The van der Waals surface area contributed by atoms with Gasteiger partial charge in [-0.15, -0.1) is 0 Å². The van der Waals surface area contributed by atoms with Crippen molar-refractivity contribution in [2.45, 2.75) is 25.0 Å². The van der Waals surface area contributed by atoms with Crippen molar-refractivity contribution in [1.82, 2.24) is 0 Å². The molecule has 88 valence electrons. The van der Waals surface area contributed by atoms with Crippen LogP contribution in [-0.2, 0) is 9.53 Å². The van der Waals surface area contributed by atoms with E-state index in [0.717, 1.165) is 0 Å². The van der Waals surface area contributed by atoms with Gasteiger partial charge in [0.15, 0.2) is 0 Å². The molecular weight excluding hydrogens is 295 g/mol. The van der Waals surface area contributed by atoms with Crippen molar-refractivity contribution in [2.24, 2.45) is 0 Å². The molecular formula is C11H12BrClO3. The van der Waals surface area contributed by atoms with Gasteiger partial charge in [0.2, 0.25) is 5.01 Å². The van der Waals surface area contributed by atoms with E-state index in [1.807, 2.05) is 0 Å². The minimum Gasteiger partial charge on any atom is -0.467 e. The van der Waals surface area contributed by atoms with Gasteiger partial charge in [-0.2, -0.15) is 0 Å². The average molecular weight is 308 g/mol. The Kier molecular flexibility index (Phi) is 5.09. The van der Waals surface area contributed by atoms with E-state index < -0.39 is 11.0 Å². The number of carbonyl (C=O) groups is 1. The molecule has 1 atom stereocenters. The molecule has 0 radical (unpaired) electrons. The summed E-state index contributed by atoms with van der Waals surface area (Å²) in [5.41, 5.74) is 0. The van der Waals surface area contributed by atoms with Crippen LogP contribution in [-0.4, -0.2) is 17.1 Å². The Hall–Kier alpha value is -0.740. The summed E-state index contributed by atoms with van der Waals surface area (Å²) < 4.78 is 10.3. The molecule has 0 saturated heterocycles. The fraction of sp³-hybridized carbons (Fsp3) is 0.364. The topological polar surface area (TPSA) is 35.5 Å². The largest absolute Gasteiger partial charge is 0.467 e. The molecule has 0 amide bonds. The second kappa shape index (κ2) is 6.11. The number of ether oxygens (including phenoxy) is 2. The van der Waals surface area contributed by atoms with Crippen molar-refractivity contribution in [2.75, 3.05) is 0 Å². The molecule has 16 heavy (non-hydrogen) atoms. The fourth-order valence-corrected chi connectivity index (χ4v) is 1.42. The zero-order chi connectivity index (χ0) is 12.1. The molecule has 0 bridgehead atoms. The van der Waals surface area contributed by atoms with Gasteiger partial charge in [-0.05, 0) is 54.0 Å². The Morgan fingerprint density at radius 3 is 2.38 bits per heavy atom. The van der Waals surface area contributed by atoms with E-state index in [9.17, 15) is 4.79 Å². The lowest BCUT2D eigenvalue weighted by Gasteiger charge is -2.14. The van der Waals surface area contributed by atoms with Crippen LogP contribution in [0.4, 0.5) is 0 Å². The first-order valence-electron chi connectivity index (χ1n) is 4.76. The first kappa shape index (κ1) is 13.3. The van der Waals surface area contributed by atoms with Crippen LogP contribution in [0.15, 0.2) is 24.3 Å². The SMILES string of the molecule is CC(C)OC(=O)C(Br)Oc1ccc(Cl)cc1. The van der Waals surface area contributed by atoms with Gasteiger partial charge in [0, 0.05) is 5.02 Å². The number of carbonyl (C=O) groups excluding carboxylic acids is 1. The minimum absolute atomic E-state index is 0.165. The Bertz CT molecular complexity index is 351. The van der Waals surface area contributed by atoms with Crippen LogP contribution in [0.2, 0.25) is 5.02 Å². The quantitative estimate of drug-likeness (QED) is 0.632. The normalized spacial score (nSPS) is 12.3. The third kappa shape index (κ3) is 4.41. The van der Waals surface area contributed by atoms with E-state index in [4.69, 9.17) is 21.1 Å². The van der Waals surface area contributed by atoms with Gasteiger partial charge >= 0.3 is 5.97 Å². The van der Waals surface area contributed by atoms with Crippen LogP contribution >= 0.6 is 27.5 Å². The lowest BCUT2D eigenvalue weighted by atomic mass is 10.3. The predicted octanol–water partition coefficient (Wildman–Crippen LogP) is 3.39. The molecule has 0 heterocycles. The van der Waals surface area contributed by atoms with Crippen molar-refractivity contribution in [1.29, 1.82) is 0 Å². The minimum atomic E-state index is -0.809. The van der Waals surface area contributed by atoms with Crippen LogP contribution < -0.4 is 4.74 Å². The molecule has 1 unspecified atom stereocenters. The molecule has 0 aliphatic heterocycles. The van der Waals surface area contributed by atoms with Crippen LogP contribution in [0.25, 0.3) is 0 Å². The molecule has 0 aliphatic carbocycles. The van der Waals surface area contributed by atoms with Gasteiger partial charge in [-0.3, -0.25) is 0 Å². The number of hydrogen-bond acceptors (Lipinski definition) is 3. The van der Waals surface area contributed by atoms with Crippen molar-refractivity contribution in [3.8, 4) is 5.75 Å². The number of rotatable bonds is 4. The standard InChI is InChI=1S/C11H12BrClO3/c1-7(2)15-11(14)10(12)16-9-5-3-8(13)4-6-9/h3-7,10H,1-2H3. The second-order valence-electron chi connectivity index (χ2n) is 3.37. The molecule has 0 aromatic heterocycles. The molecule has 1 aromatic carbocycles. The molecule has 0 spiro atoms. The monoisotopic (exact) mass is 306 g/mol. The first-order chi connectivity index (χ1) is 7.49. The zero-order valence-corrected chi connectivity index (χ0v) is 11.3. The van der Waals surface area contributed by atoms with Crippen molar-refractivity contribution in [3.63, 3.8) is 0 Å². The van der Waals surface area contributed by atoms with Crippen molar-refractivity contribution < 1.29 is 14.3 Å². The summed E-state index contributed by atoms with van der Waals surface area (Å²) in [5, 5.41) is -0.195. The molecule has 1 rings (SSSR count). The summed E-state index contributed by atoms with van der Waals surface area (Å²) in [6.07, 6.45) is -0.165. The number of benzene rings is 1. The first-order valence-corrected chi connectivity index (χ1v) is 6.05. The van der Waals surface area contributed by atoms with E-state index in [1.165, 1.54) is 0 Å². The van der Waals surface area contributed by atoms with E-state index in [2.05, 4.69) is 15.9 Å². The highest BCUT2D eigenvalue weighted by Gasteiger charge is 2.19. The molecule has 0 fully saturated rings. The summed E-state index contributed by atoms with van der Waals surface area (Å²) in [4.78, 5) is 11.4. The van der Waals surface area contributed by atoms with Crippen molar-refractivity contribution >= 4 is 33.5 Å². The predicted molar refractivity (Wildman–Crippen MR) is 66.0 cm³/mol. The third-order valence-corrected chi connectivity index (χ3v) is 2.40. The number of esters is 1. The lowest BCUT2D eigenvalue weighted by Crippen LogP contribution is -2.25. The van der Waals surface area contributed by atoms with E-state index in [1.54, 1.807) is 38.1 Å². The number of hydrogen-bond donors (Lipinski definition) is 0. The van der Waals surface area contributed by atoms with Gasteiger partial charge in [-0.1, -0.05) is 11.6 Å². The Morgan fingerprint density at radius 2 is 1.88 bits per heavy atom. The van der Waals surface area contributed by atoms with Crippen molar-refractivity contribution in [3.05, 3.63) is 29.3 Å². The average Bonchev–Trinajstić information content (AvgIpc) is 2.20. The van der Waals surface area contributed by atoms with Crippen LogP contribution in [0.1, 0.15) is 13.8 Å². The number of halogens is 2. The molecule has 0 N–H and O–H groups in total. The highest BCUT2D eigenvalue weighted by molar-refractivity contribution is 9.09. The molecule has 3 nitrogen and oxygen atoms in total. The third-order valence-electron chi connectivity index (χ3n) is 1.59. The number of alkyl halides is 1. The van der Waals surface area contributed by atoms with Crippen LogP contribution in [0.3, 0.4) is 0 Å². The highest BCUT2D eigenvalue weighted by Crippen LogP contribution is 2.19. The van der Waals surface area contributed by atoms with Gasteiger partial charge < -0.3 is 9.47 Å². The molecule has 5 heteroatoms. The van der Waals surface area contributed by atoms with E-state index >= 15 is 0 Å². The van der Waals surface area contributed by atoms with Gasteiger partial charge in [0.1, 0.15) is 5.75 Å². The summed E-state index contributed by atoms with van der Waals surface area (Å²) >= 11 is 8.82. The van der Waals surface area contributed by atoms with Gasteiger partial charge in [0.25, 0.3) is 0 Å². The fourth-order valence-electron chi connectivity index (χ4n) is 0.967. The van der Waals surface area contributed by atoms with Crippen LogP contribution in [0.5, 0.6) is 5.75 Å². The zero-order valence-electron chi connectivity index (χ0n) is 8.94. The van der Waals surface area contributed by atoms with E-state index in [0.29, 0.717) is 10.8 Å². The maximum Gasteiger partial charge on any atom is 0.358 e. The smallest absolute Gasteiger partial charge is 0.358 e. The maximum absolute atomic E-state index is 11.4. The summed E-state index contributed by atoms with van der Waals surface area (Å²) in [7, 11) is 0. The molecule has 0 aliphatic rings. The summed E-state index contributed by atoms with van der Waals surface area (Å²) in [5.74, 6) is 0.0944. The van der Waals surface area contributed by atoms with Crippen LogP contribution in [0, 0.1) is 0 Å². The van der Waals surface area contributed by atoms with Gasteiger partial charge in [-0.25, -0.2) is 4.79 Å². The summed E-state index contributed by atoms with van der Waals surface area (Å²) in [6, 6.07) is 6.73.